The van der Waals surface area contributed by atoms with Gasteiger partial charge in [-0.15, -0.1) is 11.3 Å². The Hall–Kier alpha value is -3.30. The van der Waals surface area contributed by atoms with Gasteiger partial charge in [-0.2, -0.15) is 0 Å². The van der Waals surface area contributed by atoms with Gasteiger partial charge >= 0.3 is 0 Å². The molecule has 3 aliphatic carbocycles. The first-order valence-corrected chi connectivity index (χ1v) is 19.0. The third-order valence-electron chi connectivity index (χ3n) is 12.5. The van der Waals surface area contributed by atoms with Crippen molar-refractivity contribution in [3.05, 3.63) is 98.8 Å². The molecule has 0 radical (unpaired) electrons. The number of nitrogens with one attached hydrogen (secondary N) is 1. The molecule has 3 aromatic rings. The molecule has 1 spiro atoms. The molecule has 3 N–H and O–H groups in total. The van der Waals surface area contributed by atoms with Crippen molar-refractivity contribution in [3.8, 4) is 0 Å². The molecule has 3 heterocycles. The molecule has 1 aromatic heterocycles. The third kappa shape index (κ3) is 6.30. The second-order valence-corrected chi connectivity index (χ2v) is 16.7. The predicted octanol–water partition coefficient (Wildman–Crippen LogP) is 6.75. The lowest BCUT2D eigenvalue weighted by molar-refractivity contribution is -0.126. The van der Waals surface area contributed by atoms with Crippen molar-refractivity contribution < 1.29 is 19.8 Å². The minimum absolute atomic E-state index is 0.00144. The first-order valence-electron chi connectivity index (χ1n) is 18.1. The summed E-state index contributed by atoms with van der Waals surface area (Å²) in [6.07, 6.45) is 8.33. The highest BCUT2D eigenvalue weighted by atomic mass is 32.1. The van der Waals surface area contributed by atoms with Gasteiger partial charge in [0, 0.05) is 41.2 Å². The van der Waals surface area contributed by atoms with Crippen LogP contribution in [0.15, 0.2) is 72.3 Å². The number of ketones is 1. The smallest absolute Gasteiger partial charge is 0.247 e. The van der Waals surface area contributed by atoms with Crippen LogP contribution in [0.5, 0.6) is 0 Å². The quantitative estimate of drug-likeness (QED) is 0.204. The highest BCUT2D eigenvalue weighted by Crippen LogP contribution is 2.59. The number of hydrogen-bond acceptors (Lipinski definition) is 7. The van der Waals surface area contributed by atoms with Gasteiger partial charge in [0.25, 0.3) is 0 Å². The number of fused-ring (bicyclic) bond motifs is 8. The molecule has 4 atom stereocenters. The van der Waals surface area contributed by atoms with E-state index in [2.05, 4.69) is 59.3 Å². The van der Waals surface area contributed by atoms with Gasteiger partial charge in [-0.05, 0) is 119 Å². The van der Waals surface area contributed by atoms with Crippen molar-refractivity contribution in [1.29, 1.82) is 0 Å². The van der Waals surface area contributed by atoms with E-state index in [-0.39, 0.29) is 17.6 Å². The Labute approximate surface area is 295 Å². The number of allylic oxidation sites excluding steroid dienone is 2. The van der Waals surface area contributed by atoms with E-state index < -0.39 is 22.7 Å². The number of hydrogen-bond donors (Lipinski definition) is 3. The number of β-amino-alcohol motifs (C(OH)–C–C–N with tert-alkyl or cyclic N) is 1. The van der Waals surface area contributed by atoms with Crippen LogP contribution in [0.2, 0.25) is 0 Å². The van der Waals surface area contributed by atoms with Crippen LogP contribution in [-0.4, -0.2) is 70.4 Å². The maximum atomic E-state index is 14.2. The SMILES string of the molecule is CC1=CCC[C@@]2(C)[C@@H](CC[C@@]2(O)CN2CCC3(CC2)C(=O)NCN3c2ccccc2)c2ccc(cc2C(=O)c2ccc(C)s2)C[C@@H](O)CC1. The first-order chi connectivity index (χ1) is 23.5. The zero-order valence-electron chi connectivity index (χ0n) is 29.2. The number of aryl methyl sites for hydroxylation is 1. The Morgan fingerprint density at radius 3 is 2.51 bits per heavy atom. The number of anilines is 1. The van der Waals surface area contributed by atoms with Crippen molar-refractivity contribution in [2.75, 3.05) is 31.2 Å². The second-order valence-electron chi connectivity index (χ2n) is 15.4. The number of thiophene rings is 1. The van der Waals surface area contributed by atoms with Crippen LogP contribution in [-0.2, 0) is 11.2 Å². The Bertz CT molecular complexity index is 1730. The van der Waals surface area contributed by atoms with Gasteiger partial charge in [-0.1, -0.05) is 48.9 Å². The van der Waals surface area contributed by atoms with E-state index in [0.717, 1.165) is 65.3 Å². The van der Waals surface area contributed by atoms with E-state index in [4.69, 9.17) is 0 Å². The minimum atomic E-state index is -0.966. The number of carbonyl (C=O) groups excluding carboxylic acids is 2. The molecule has 1 saturated carbocycles. The molecule has 260 valence electrons. The Kier molecular flexibility index (Phi) is 9.37. The Morgan fingerprint density at radius 2 is 1.78 bits per heavy atom. The summed E-state index contributed by atoms with van der Waals surface area (Å²) in [5.74, 6) is 0.132. The summed E-state index contributed by atoms with van der Waals surface area (Å²) in [4.78, 5) is 34.0. The molecule has 0 unspecified atom stereocenters. The van der Waals surface area contributed by atoms with Gasteiger partial charge in [0.05, 0.1) is 23.3 Å². The summed E-state index contributed by atoms with van der Waals surface area (Å²) >= 11 is 1.52. The molecule has 49 heavy (non-hydrogen) atoms. The summed E-state index contributed by atoms with van der Waals surface area (Å²) in [5.41, 5.74) is 3.02. The standard InChI is InChI=1S/C41H51N3O4S/c1-28-8-7-18-39(3)35(33-15-13-30(24-32(45)14-11-28)25-34(33)37(46)36-16-12-29(2)49-36)17-19-41(39,48)26-43-22-20-40(21-23-43)38(47)42-27-44(40)31-9-5-4-6-10-31/h4-6,8-10,12-13,15-16,25,32,35,45,48H,7,11,14,17-24,26-27H2,1-3H3,(H,42,47)/t32-,35-,39-,41+/m0/s1. The molecule has 7 nitrogen and oxygen atoms in total. The maximum Gasteiger partial charge on any atom is 0.247 e. The van der Waals surface area contributed by atoms with Gasteiger partial charge in [-0.3, -0.25) is 9.59 Å². The number of rotatable bonds is 5. The van der Waals surface area contributed by atoms with Gasteiger partial charge in [0.2, 0.25) is 11.7 Å². The van der Waals surface area contributed by atoms with Crippen molar-refractivity contribution >= 4 is 28.7 Å². The summed E-state index contributed by atoms with van der Waals surface area (Å²) in [7, 11) is 0. The first kappa shape index (κ1) is 34.2. The van der Waals surface area contributed by atoms with Crippen molar-refractivity contribution in [3.63, 3.8) is 0 Å². The Balaban J connectivity index is 1.19. The van der Waals surface area contributed by atoms with Crippen molar-refractivity contribution in [1.82, 2.24) is 10.2 Å². The van der Waals surface area contributed by atoms with E-state index in [0.29, 0.717) is 50.9 Å². The largest absolute Gasteiger partial charge is 0.393 e. The lowest BCUT2D eigenvalue weighted by Gasteiger charge is -2.49. The highest BCUT2D eigenvalue weighted by Gasteiger charge is 2.58. The molecule has 2 saturated heterocycles. The number of piperidine rings is 1. The molecule has 5 aliphatic rings. The zero-order chi connectivity index (χ0) is 34.4. The van der Waals surface area contributed by atoms with Gasteiger partial charge in [0.1, 0.15) is 5.54 Å². The average molecular weight is 682 g/mol. The van der Waals surface area contributed by atoms with Crippen molar-refractivity contribution in [2.24, 2.45) is 5.41 Å². The maximum absolute atomic E-state index is 14.2. The number of benzene rings is 2. The molecule has 1 amide bonds. The number of likely N-dealkylation sites (tertiary alicyclic amines) is 1. The van der Waals surface area contributed by atoms with E-state index >= 15 is 0 Å². The molecule has 2 aliphatic heterocycles. The average Bonchev–Trinajstić information content (AvgIpc) is 3.74. The summed E-state index contributed by atoms with van der Waals surface area (Å²) in [5, 5.41) is 26.9. The molecule has 2 bridgehead atoms. The summed E-state index contributed by atoms with van der Waals surface area (Å²) < 4.78 is 0. The zero-order valence-corrected chi connectivity index (χ0v) is 30.0. The topological polar surface area (TPSA) is 93.1 Å². The molecule has 3 fully saturated rings. The van der Waals surface area contributed by atoms with Crippen LogP contribution in [0.25, 0.3) is 0 Å². The monoisotopic (exact) mass is 681 g/mol. The highest BCUT2D eigenvalue weighted by molar-refractivity contribution is 7.14. The summed E-state index contributed by atoms with van der Waals surface area (Å²) in [6, 6.07) is 20.4. The molecular weight excluding hydrogens is 631 g/mol. The van der Waals surface area contributed by atoms with Crippen LogP contribution in [0.4, 0.5) is 5.69 Å². The number of para-hydroxylation sites is 1. The van der Waals surface area contributed by atoms with E-state index in [1.54, 1.807) is 0 Å². The molecule has 8 heteroatoms. The summed E-state index contributed by atoms with van der Waals surface area (Å²) in [6.45, 7) is 8.96. The van der Waals surface area contributed by atoms with E-state index in [1.807, 2.05) is 43.3 Å². The lowest BCUT2D eigenvalue weighted by atomic mass is 9.64. The number of carbonyl (C=O) groups is 2. The Morgan fingerprint density at radius 1 is 1.00 bits per heavy atom. The fraction of sp³-hybridized carbons (Fsp3) is 0.512. The second kappa shape index (κ2) is 13.4. The normalized spacial score (nSPS) is 29.0. The molecule has 2 aromatic carbocycles. The van der Waals surface area contributed by atoms with Crippen molar-refractivity contribution in [2.45, 2.75) is 102 Å². The van der Waals surface area contributed by atoms with Gasteiger partial charge < -0.3 is 25.3 Å². The van der Waals surface area contributed by atoms with Gasteiger partial charge in [-0.25, -0.2) is 0 Å². The van der Waals surface area contributed by atoms with Gasteiger partial charge in [0.15, 0.2) is 0 Å². The number of aliphatic hydroxyl groups is 2. The molecular formula is C41H51N3O4S. The minimum Gasteiger partial charge on any atom is -0.393 e. The lowest BCUT2D eigenvalue weighted by Crippen LogP contribution is -2.59. The fourth-order valence-corrected chi connectivity index (χ4v) is 10.2. The predicted molar refractivity (Wildman–Crippen MR) is 196 cm³/mol. The third-order valence-corrected chi connectivity index (χ3v) is 13.5. The fourth-order valence-electron chi connectivity index (χ4n) is 9.37. The van der Waals surface area contributed by atoms with E-state index in [1.165, 1.54) is 16.9 Å². The molecule has 8 rings (SSSR count). The number of amides is 1. The number of aliphatic hydroxyl groups excluding tert-OH is 1. The van der Waals surface area contributed by atoms with Crippen LogP contribution in [0.3, 0.4) is 0 Å². The van der Waals surface area contributed by atoms with Crippen LogP contribution in [0.1, 0.15) is 102 Å². The van der Waals surface area contributed by atoms with Crippen LogP contribution >= 0.6 is 11.3 Å². The van der Waals surface area contributed by atoms with E-state index in [9.17, 15) is 19.8 Å². The number of nitrogens with zero attached hydrogens (tertiary/aromatic N) is 2. The van der Waals surface area contributed by atoms with Crippen LogP contribution < -0.4 is 10.2 Å². The van der Waals surface area contributed by atoms with Crippen LogP contribution in [0, 0.1) is 12.3 Å².